The predicted octanol–water partition coefficient (Wildman–Crippen LogP) is 1.34. The molecule has 0 atom stereocenters. The molecule has 1 fully saturated rings. The van der Waals surface area contributed by atoms with Crippen LogP contribution >= 0.6 is 0 Å². The predicted molar refractivity (Wildman–Crippen MR) is 96.4 cm³/mol. The minimum absolute atomic E-state index is 0.0320. The topological polar surface area (TPSA) is 80.6 Å². The minimum atomic E-state index is -3.21. The van der Waals surface area contributed by atoms with Crippen molar-refractivity contribution in [2.75, 3.05) is 26.5 Å². The minimum Gasteiger partial charge on any atom is -0.497 e. The molecule has 0 aliphatic carbocycles. The molecule has 0 unspecified atom stereocenters. The molecule has 0 spiro atoms. The van der Waals surface area contributed by atoms with E-state index in [-0.39, 0.29) is 11.9 Å². The van der Waals surface area contributed by atoms with Gasteiger partial charge < -0.3 is 14.2 Å². The van der Waals surface area contributed by atoms with Gasteiger partial charge in [-0.25, -0.2) is 13.1 Å². The van der Waals surface area contributed by atoms with Crippen LogP contribution in [0.4, 0.5) is 0 Å². The third-order valence-corrected chi connectivity index (χ3v) is 5.39. The number of nitrogens with one attached hydrogen (secondary N) is 1. The van der Waals surface area contributed by atoms with E-state index in [1.165, 1.54) is 0 Å². The van der Waals surface area contributed by atoms with E-state index < -0.39 is 10.0 Å². The van der Waals surface area contributed by atoms with Crippen molar-refractivity contribution >= 4 is 26.8 Å². The Morgan fingerprint density at radius 1 is 1.24 bits per heavy atom. The second-order valence-electron chi connectivity index (χ2n) is 6.47. The fourth-order valence-electron chi connectivity index (χ4n) is 3.32. The van der Waals surface area contributed by atoms with E-state index in [4.69, 9.17) is 4.74 Å². The highest BCUT2D eigenvalue weighted by molar-refractivity contribution is 7.88. The van der Waals surface area contributed by atoms with E-state index in [1.54, 1.807) is 12.0 Å². The zero-order valence-corrected chi connectivity index (χ0v) is 15.5. The number of fused-ring (bicyclic) bond motifs is 1. The SMILES string of the molecule is COc1ccc2c(c1)cc(C(=O)N1CCC(NS(C)(=O)=O)CC1)n2C. The smallest absolute Gasteiger partial charge is 0.270 e. The maximum Gasteiger partial charge on any atom is 0.270 e. The molecule has 1 aromatic carbocycles. The number of amides is 1. The Morgan fingerprint density at radius 3 is 2.52 bits per heavy atom. The molecule has 0 radical (unpaired) electrons. The summed E-state index contributed by atoms with van der Waals surface area (Å²) in [4.78, 5) is 14.7. The summed E-state index contributed by atoms with van der Waals surface area (Å²) in [6, 6.07) is 7.50. The third kappa shape index (κ3) is 3.80. The Labute approximate surface area is 147 Å². The third-order valence-electron chi connectivity index (χ3n) is 4.63. The molecule has 3 rings (SSSR count). The summed E-state index contributed by atoms with van der Waals surface area (Å²) in [6.07, 6.45) is 2.40. The molecule has 2 heterocycles. The van der Waals surface area contributed by atoms with Gasteiger partial charge in [-0.15, -0.1) is 0 Å². The Balaban J connectivity index is 1.76. The van der Waals surface area contributed by atoms with Gasteiger partial charge in [0.15, 0.2) is 0 Å². The van der Waals surface area contributed by atoms with E-state index in [1.807, 2.05) is 35.9 Å². The first-order chi connectivity index (χ1) is 11.8. The Hall–Kier alpha value is -2.06. The number of aryl methyl sites for hydroxylation is 1. The summed E-state index contributed by atoms with van der Waals surface area (Å²) in [5.41, 5.74) is 1.59. The molecule has 0 bridgehead atoms. The first kappa shape index (κ1) is 17.8. The molecule has 25 heavy (non-hydrogen) atoms. The molecule has 8 heteroatoms. The number of aromatic nitrogens is 1. The number of sulfonamides is 1. The van der Waals surface area contributed by atoms with E-state index in [9.17, 15) is 13.2 Å². The molecule has 1 N–H and O–H groups in total. The number of ether oxygens (including phenoxy) is 1. The second-order valence-corrected chi connectivity index (χ2v) is 8.25. The zero-order valence-electron chi connectivity index (χ0n) is 14.7. The monoisotopic (exact) mass is 365 g/mol. The molecule has 136 valence electrons. The molecule has 1 aliphatic heterocycles. The maximum absolute atomic E-state index is 12.9. The number of carbonyl (C=O) groups is 1. The van der Waals surface area contributed by atoms with Crippen LogP contribution in [0.2, 0.25) is 0 Å². The van der Waals surface area contributed by atoms with Crippen molar-refractivity contribution in [3.05, 3.63) is 30.0 Å². The number of hydrogen-bond acceptors (Lipinski definition) is 4. The molecule has 1 aliphatic rings. The van der Waals surface area contributed by atoms with Crippen LogP contribution in [0, 0.1) is 0 Å². The van der Waals surface area contributed by atoms with Gasteiger partial charge in [-0.2, -0.15) is 0 Å². The van der Waals surface area contributed by atoms with Crippen molar-refractivity contribution in [1.82, 2.24) is 14.2 Å². The molecule has 0 saturated carbocycles. The molecule has 1 saturated heterocycles. The lowest BCUT2D eigenvalue weighted by molar-refractivity contribution is 0.0702. The van der Waals surface area contributed by atoms with Gasteiger partial charge in [0.25, 0.3) is 5.91 Å². The fourth-order valence-corrected chi connectivity index (χ4v) is 4.17. The standard InChI is InChI=1S/C17H23N3O4S/c1-19-15-5-4-14(24-2)10-12(15)11-16(19)17(21)20-8-6-13(7-9-20)18-25(3,22)23/h4-5,10-11,13,18H,6-9H2,1-3H3. The number of likely N-dealkylation sites (tertiary alicyclic amines) is 1. The van der Waals surface area contributed by atoms with Gasteiger partial charge in [-0.3, -0.25) is 4.79 Å². The van der Waals surface area contributed by atoms with Gasteiger partial charge in [0.2, 0.25) is 10.0 Å². The number of benzene rings is 1. The molecular weight excluding hydrogens is 342 g/mol. The number of rotatable bonds is 4. The van der Waals surface area contributed by atoms with Gasteiger partial charge in [0.05, 0.1) is 13.4 Å². The fraction of sp³-hybridized carbons (Fsp3) is 0.471. The van der Waals surface area contributed by atoms with E-state index in [2.05, 4.69) is 4.72 Å². The molecule has 7 nitrogen and oxygen atoms in total. The quantitative estimate of drug-likeness (QED) is 0.887. The lowest BCUT2D eigenvalue weighted by Gasteiger charge is -2.32. The van der Waals surface area contributed by atoms with Crippen LogP contribution in [0.25, 0.3) is 10.9 Å². The molecule has 1 amide bonds. The van der Waals surface area contributed by atoms with Crippen LogP contribution in [0.5, 0.6) is 5.75 Å². The van der Waals surface area contributed by atoms with Gasteiger partial charge in [0.1, 0.15) is 11.4 Å². The molecule has 2 aromatic rings. The normalized spacial score (nSPS) is 16.4. The summed E-state index contributed by atoms with van der Waals surface area (Å²) in [6.45, 7) is 1.08. The summed E-state index contributed by atoms with van der Waals surface area (Å²) >= 11 is 0. The Kier molecular flexibility index (Phi) is 4.75. The first-order valence-electron chi connectivity index (χ1n) is 8.18. The lowest BCUT2D eigenvalue weighted by Crippen LogP contribution is -2.46. The highest BCUT2D eigenvalue weighted by Crippen LogP contribution is 2.25. The maximum atomic E-state index is 12.9. The van der Waals surface area contributed by atoms with Gasteiger partial charge in [0, 0.05) is 37.1 Å². The van der Waals surface area contributed by atoms with Crippen molar-refractivity contribution in [3.63, 3.8) is 0 Å². The van der Waals surface area contributed by atoms with Crippen LogP contribution in [-0.4, -0.2) is 56.3 Å². The van der Waals surface area contributed by atoms with Crippen molar-refractivity contribution in [3.8, 4) is 5.75 Å². The van der Waals surface area contributed by atoms with Crippen molar-refractivity contribution in [2.24, 2.45) is 7.05 Å². The zero-order chi connectivity index (χ0) is 18.2. The summed E-state index contributed by atoms with van der Waals surface area (Å²) in [7, 11) is 0.277. The van der Waals surface area contributed by atoms with E-state index >= 15 is 0 Å². The number of methoxy groups -OCH3 is 1. The second kappa shape index (κ2) is 6.68. The van der Waals surface area contributed by atoms with Crippen LogP contribution in [-0.2, 0) is 17.1 Å². The van der Waals surface area contributed by atoms with Gasteiger partial charge in [-0.05, 0) is 37.1 Å². The van der Waals surface area contributed by atoms with Crippen molar-refractivity contribution in [2.45, 2.75) is 18.9 Å². The number of carbonyl (C=O) groups excluding carboxylic acids is 1. The average Bonchev–Trinajstić information content (AvgIpc) is 2.89. The highest BCUT2D eigenvalue weighted by Gasteiger charge is 2.27. The van der Waals surface area contributed by atoms with E-state index in [0.717, 1.165) is 22.9 Å². The number of hydrogen-bond donors (Lipinski definition) is 1. The van der Waals surface area contributed by atoms with Crippen molar-refractivity contribution in [1.29, 1.82) is 0 Å². The van der Waals surface area contributed by atoms with Gasteiger partial charge in [-0.1, -0.05) is 0 Å². The Morgan fingerprint density at radius 2 is 1.92 bits per heavy atom. The molecular formula is C17H23N3O4S. The van der Waals surface area contributed by atoms with Crippen molar-refractivity contribution < 1.29 is 17.9 Å². The first-order valence-corrected chi connectivity index (χ1v) is 10.1. The number of piperidine rings is 1. The van der Waals surface area contributed by atoms with Crippen LogP contribution < -0.4 is 9.46 Å². The summed E-state index contributed by atoms with van der Waals surface area (Å²) < 4.78 is 32.4. The number of nitrogens with zero attached hydrogens (tertiary/aromatic N) is 2. The average molecular weight is 365 g/mol. The van der Waals surface area contributed by atoms with Crippen LogP contribution in [0.15, 0.2) is 24.3 Å². The summed E-state index contributed by atoms with van der Waals surface area (Å²) in [5.74, 6) is 0.722. The van der Waals surface area contributed by atoms with E-state index in [0.29, 0.717) is 31.6 Å². The molecule has 1 aromatic heterocycles. The lowest BCUT2D eigenvalue weighted by atomic mass is 10.1. The Bertz CT molecular complexity index is 896. The highest BCUT2D eigenvalue weighted by atomic mass is 32.2. The largest absolute Gasteiger partial charge is 0.497 e. The summed E-state index contributed by atoms with van der Waals surface area (Å²) in [5, 5.41) is 0.957. The van der Waals surface area contributed by atoms with Crippen LogP contribution in [0.1, 0.15) is 23.3 Å². The van der Waals surface area contributed by atoms with Gasteiger partial charge >= 0.3 is 0 Å². The van der Waals surface area contributed by atoms with Crippen LogP contribution in [0.3, 0.4) is 0 Å².